The normalized spacial score (nSPS) is 15.7. The molecule has 0 N–H and O–H groups in total. The molecule has 1 amide bonds. The van der Waals surface area contributed by atoms with E-state index in [1.54, 1.807) is 31.2 Å². The molecule has 0 aromatic heterocycles. The Morgan fingerprint density at radius 3 is 2.41 bits per heavy atom. The molecule has 0 aliphatic carbocycles. The number of halogens is 3. The molecule has 0 fully saturated rings. The summed E-state index contributed by atoms with van der Waals surface area (Å²) in [5.41, 5.74) is 0.965. The molecule has 2 aromatic carbocycles. The monoisotopic (exact) mass is 405 g/mol. The second-order valence-corrected chi connectivity index (χ2v) is 6.61. The van der Waals surface area contributed by atoms with E-state index in [0.717, 1.165) is 0 Å². The smallest absolute Gasteiger partial charge is 0.340 e. The number of anilines is 1. The fraction of sp³-hybridized carbons (Fsp3) is 0.100. The van der Waals surface area contributed by atoms with E-state index in [0.29, 0.717) is 16.4 Å². The van der Waals surface area contributed by atoms with Crippen LogP contribution in [0.4, 0.5) is 10.1 Å². The second-order valence-electron chi connectivity index (χ2n) is 5.76. The summed E-state index contributed by atoms with van der Waals surface area (Å²) in [6, 6.07) is 10.7. The molecule has 1 heterocycles. The van der Waals surface area contributed by atoms with Gasteiger partial charge in [0.2, 0.25) is 0 Å². The molecular weight excluding hydrogens is 392 g/mol. The summed E-state index contributed by atoms with van der Waals surface area (Å²) in [4.78, 5) is 26.7. The first-order valence-electron chi connectivity index (χ1n) is 7.90. The van der Waals surface area contributed by atoms with Crippen LogP contribution in [0.3, 0.4) is 0 Å². The molecule has 138 valence electrons. The summed E-state index contributed by atoms with van der Waals surface area (Å²) in [5, 5.41) is 0.635. The number of ether oxygens (including phenoxy) is 1. The Bertz CT molecular complexity index is 977. The third-order valence-corrected chi connectivity index (χ3v) is 4.74. The minimum Gasteiger partial charge on any atom is -0.465 e. The first kappa shape index (κ1) is 19.1. The van der Waals surface area contributed by atoms with E-state index >= 15 is 0 Å². The number of methoxy groups -OCH3 is 1. The van der Waals surface area contributed by atoms with Gasteiger partial charge >= 0.3 is 5.97 Å². The van der Waals surface area contributed by atoms with Gasteiger partial charge in [0.25, 0.3) is 5.91 Å². The molecule has 4 nitrogen and oxygen atoms in total. The maximum absolute atomic E-state index is 14.2. The van der Waals surface area contributed by atoms with Gasteiger partial charge in [-0.1, -0.05) is 29.3 Å². The Kier molecular flexibility index (Phi) is 5.35. The van der Waals surface area contributed by atoms with Crippen LogP contribution in [-0.4, -0.2) is 19.0 Å². The van der Waals surface area contributed by atoms with Crippen molar-refractivity contribution in [1.82, 2.24) is 0 Å². The number of allylic oxidation sites excluding steroid dienone is 1. The van der Waals surface area contributed by atoms with Gasteiger partial charge in [-0.15, -0.1) is 0 Å². The number of benzene rings is 2. The van der Waals surface area contributed by atoms with E-state index in [-0.39, 0.29) is 21.7 Å². The maximum atomic E-state index is 14.2. The second kappa shape index (κ2) is 7.55. The lowest BCUT2D eigenvalue weighted by Gasteiger charge is -2.18. The van der Waals surface area contributed by atoms with Crippen molar-refractivity contribution in [2.75, 3.05) is 12.0 Å². The minimum absolute atomic E-state index is 0.00120. The number of hydrogen-bond acceptors (Lipinski definition) is 3. The Morgan fingerprint density at radius 1 is 1.15 bits per heavy atom. The molecule has 0 radical (unpaired) electrons. The van der Waals surface area contributed by atoms with Gasteiger partial charge in [0.15, 0.2) is 0 Å². The number of carbonyl (C=O) groups is 2. The number of nitrogens with zero attached hydrogens (tertiary/aromatic N) is 1. The molecule has 0 bridgehead atoms. The average Bonchev–Trinajstić information content (AvgIpc) is 2.88. The molecule has 0 saturated heterocycles. The van der Waals surface area contributed by atoms with E-state index in [1.165, 1.54) is 36.3 Å². The van der Waals surface area contributed by atoms with Crippen molar-refractivity contribution in [2.45, 2.75) is 6.92 Å². The minimum atomic E-state index is -0.698. The van der Waals surface area contributed by atoms with E-state index in [9.17, 15) is 14.0 Å². The predicted molar refractivity (Wildman–Crippen MR) is 103 cm³/mol. The lowest BCUT2D eigenvalue weighted by Crippen LogP contribution is -2.24. The molecule has 2 aromatic rings. The topological polar surface area (TPSA) is 46.6 Å². The molecule has 0 unspecified atom stereocenters. The number of rotatable bonds is 3. The zero-order valence-corrected chi connectivity index (χ0v) is 15.9. The van der Waals surface area contributed by atoms with Gasteiger partial charge in [0.1, 0.15) is 5.82 Å². The zero-order valence-electron chi connectivity index (χ0n) is 14.4. The highest BCUT2D eigenvalue weighted by Gasteiger charge is 2.38. The molecule has 0 atom stereocenters. The summed E-state index contributed by atoms with van der Waals surface area (Å²) in [7, 11) is 1.21. The van der Waals surface area contributed by atoms with Crippen LogP contribution >= 0.6 is 23.2 Å². The highest BCUT2D eigenvalue weighted by atomic mass is 35.5. The van der Waals surface area contributed by atoms with E-state index in [4.69, 9.17) is 27.9 Å². The summed E-state index contributed by atoms with van der Waals surface area (Å²) in [6.45, 7) is 1.61. The molecule has 1 aliphatic rings. The number of hydrogen-bond donors (Lipinski definition) is 0. The fourth-order valence-electron chi connectivity index (χ4n) is 2.87. The lowest BCUT2D eigenvalue weighted by molar-refractivity contribution is -0.136. The van der Waals surface area contributed by atoms with Gasteiger partial charge in [-0.05, 0) is 49.4 Å². The average molecular weight is 406 g/mol. The zero-order chi connectivity index (χ0) is 19.7. The predicted octanol–water partition coefficient (Wildman–Crippen LogP) is 5.01. The van der Waals surface area contributed by atoms with Gasteiger partial charge < -0.3 is 4.74 Å². The Hall–Kier alpha value is -2.63. The van der Waals surface area contributed by atoms with Crippen molar-refractivity contribution in [3.8, 4) is 0 Å². The number of esters is 1. The molecule has 0 saturated carbocycles. The molecular formula is C20H14Cl2FNO3. The Morgan fingerprint density at radius 2 is 1.81 bits per heavy atom. The van der Waals surface area contributed by atoms with Crippen LogP contribution in [0.5, 0.6) is 0 Å². The van der Waals surface area contributed by atoms with Crippen LogP contribution in [0.15, 0.2) is 59.3 Å². The van der Waals surface area contributed by atoms with Crippen LogP contribution in [0.1, 0.15) is 12.5 Å². The third kappa shape index (κ3) is 3.48. The highest BCUT2D eigenvalue weighted by molar-refractivity contribution is 6.33. The molecule has 27 heavy (non-hydrogen) atoms. The van der Waals surface area contributed by atoms with Crippen molar-refractivity contribution in [3.05, 3.63) is 80.7 Å². The highest BCUT2D eigenvalue weighted by Crippen LogP contribution is 2.36. The SMILES string of the molecule is COC(=O)C1=C(C)N(c2ccc(Cl)cc2)C(=O)/C1=C/c1c(F)cccc1Cl. The summed E-state index contributed by atoms with van der Waals surface area (Å²) >= 11 is 12.0. The van der Waals surface area contributed by atoms with Crippen molar-refractivity contribution in [1.29, 1.82) is 0 Å². The van der Waals surface area contributed by atoms with Crippen molar-refractivity contribution >= 4 is 46.8 Å². The Balaban J connectivity index is 2.19. The number of amides is 1. The maximum Gasteiger partial charge on any atom is 0.340 e. The van der Waals surface area contributed by atoms with Gasteiger partial charge in [0, 0.05) is 22.0 Å². The van der Waals surface area contributed by atoms with Crippen molar-refractivity contribution < 1.29 is 18.7 Å². The van der Waals surface area contributed by atoms with Crippen LogP contribution in [0.25, 0.3) is 6.08 Å². The van der Waals surface area contributed by atoms with Gasteiger partial charge in [-0.2, -0.15) is 0 Å². The van der Waals surface area contributed by atoms with Crippen molar-refractivity contribution in [3.63, 3.8) is 0 Å². The number of carbonyl (C=O) groups excluding carboxylic acids is 2. The quantitative estimate of drug-likeness (QED) is 0.532. The standard InChI is InChI=1S/C20H14Cl2FNO3/c1-11-18(20(26)27-2)15(10-14-16(22)4-3-5-17(14)23)19(25)24(11)13-8-6-12(21)7-9-13/h3-10H,1-2H3/b15-10+. The largest absolute Gasteiger partial charge is 0.465 e. The van der Waals surface area contributed by atoms with Crippen molar-refractivity contribution in [2.24, 2.45) is 0 Å². The van der Waals surface area contributed by atoms with Gasteiger partial charge in [0.05, 0.1) is 23.3 Å². The van der Waals surface area contributed by atoms with Crippen LogP contribution in [0, 0.1) is 5.82 Å². The van der Waals surface area contributed by atoms with Crippen LogP contribution in [0.2, 0.25) is 10.0 Å². The lowest BCUT2D eigenvalue weighted by atomic mass is 10.0. The van der Waals surface area contributed by atoms with Crippen LogP contribution < -0.4 is 4.90 Å². The summed E-state index contributed by atoms with van der Waals surface area (Å²) in [6.07, 6.45) is 1.27. The summed E-state index contributed by atoms with van der Waals surface area (Å²) < 4.78 is 19.0. The van der Waals surface area contributed by atoms with E-state index in [2.05, 4.69) is 0 Å². The first-order chi connectivity index (χ1) is 12.8. The molecule has 0 spiro atoms. The van der Waals surface area contributed by atoms with E-state index in [1.807, 2.05) is 0 Å². The fourth-order valence-corrected chi connectivity index (χ4v) is 3.22. The molecule has 1 aliphatic heterocycles. The Labute approximate surface area is 165 Å². The molecule has 7 heteroatoms. The first-order valence-corrected chi connectivity index (χ1v) is 8.66. The van der Waals surface area contributed by atoms with Crippen LogP contribution in [-0.2, 0) is 14.3 Å². The molecule has 3 rings (SSSR count). The van der Waals surface area contributed by atoms with E-state index < -0.39 is 17.7 Å². The van der Waals surface area contributed by atoms with Gasteiger partial charge in [-0.3, -0.25) is 9.69 Å². The summed E-state index contributed by atoms with van der Waals surface area (Å²) in [5.74, 6) is -1.79. The third-order valence-electron chi connectivity index (χ3n) is 4.16. The van der Waals surface area contributed by atoms with Gasteiger partial charge in [-0.25, -0.2) is 9.18 Å².